The molecule has 2 heterocycles. The maximum Gasteiger partial charge on any atom is 0.228 e. The van der Waals surface area contributed by atoms with E-state index in [1.54, 1.807) is 0 Å². The first kappa shape index (κ1) is 19.5. The van der Waals surface area contributed by atoms with Crippen LogP contribution in [0.2, 0.25) is 0 Å². The van der Waals surface area contributed by atoms with E-state index in [2.05, 4.69) is 15.3 Å². The number of fused-ring (bicyclic) bond motifs is 1. The second kappa shape index (κ2) is 9.09. The van der Waals surface area contributed by atoms with Crippen molar-refractivity contribution < 1.29 is 9.53 Å². The molecule has 152 valence electrons. The molecule has 4 rings (SSSR count). The molecule has 1 N–H and O–H groups in total. The van der Waals surface area contributed by atoms with Crippen LogP contribution in [0.4, 0.5) is 5.69 Å². The lowest BCUT2D eigenvalue weighted by atomic mass is 10.1. The Morgan fingerprint density at radius 1 is 1.10 bits per heavy atom. The number of benzene rings is 2. The van der Waals surface area contributed by atoms with Crippen LogP contribution >= 0.6 is 0 Å². The molecule has 0 aliphatic carbocycles. The molecule has 1 saturated heterocycles. The summed E-state index contributed by atoms with van der Waals surface area (Å²) in [6.45, 7) is 6.85. The molecule has 0 saturated carbocycles. The van der Waals surface area contributed by atoms with E-state index in [1.807, 2.05) is 60.3 Å². The fraction of sp³-hybridized carbons (Fsp3) is 0.391. The molecule has 6 heteroatoms. The zero-order valence-corrected chi connectivity index (χ0v) is 16.9. The van der Waals surface area contributed by atoms with Gasteiger partial charge >= 0.3 is 0 Å². The Bertz CT molecular complexity index is 959. The number of carbonyl (C=O) groups excluding carboxylic acids is 1. The summed E-state index contributed by atoms with van der Waals surface area (Å²) < 4.78 is 7.48. The third kappa shape index (κ3) is 4.95. The van der Waals surface area contributed by atoms with Gasteiger partial charge in [0.05, 0.1) is 31.3 Å². The summed E-state index contributed by atoms with van der Waals surface area (Å²) in [5, 5.41) is 8.64. The van der Waals surface area contributed by atoms with Crippen LogP contribution in [0.5, 0.6) is 5.75 Å². The highest BCUT2D eigenvalue weighted by Crippen LogP contribution is 2.20. The third-order valence-electron chi connectivity index (χ3n) is 5.35. The Kier molecular flexibility index (Phi) is 6.10. The number of hydrogen-bond donors (Lipinski definition) is 1. The van der Waals surface area contributed by atoms with Crippen LogP contribution in [-0.2, 0) is 17.8 Å². The van der Waals surface area contributed by atoms with Gasteiger partial charge in [-0.15, -0.1) is 0 Å². The highest BCUT2D eigenvalue weighted by molar-refractivity contribution is 5.94. The van der Waals surface area contributed by atoms with Crippen LogP contribution in [0.15, 0.2) is 48.7 Å². The topological polar surface area (TPSA) is 59.4 Å². The molecule has 0 radical (unpaired) electrons. The zero-order valence-electron chi connectivity index (χ0n) is 16.9. The van der Waals surface area contributed by atoms with Gasteiger partial charge in [0.15, 0.2) is 0 Å². The van der Waals surface area contributed by atoms with Crippen molar-refractivity contribution in [2.24, 2.45) is 0 Å². The fourth-order valence-corrected chi connectivity index (χ4v) is 3.83. The predicted molar refractivity (Wildman–Crippen MR) is 115 cm³/mol. The van der Waals surface area contributed by atoms with Gasteiger partial charge in [-0.3, -0.25) is 9.48 Å². The fourth-order valence-electron chi connectivity index (χ4n) is 3.83. The van der Waals surface area contributed by atoms with Crippen LogP contribution in [0.25, 0.3) is 10.9 Å². The SMILES string of the molecule is CCOc1ccc(CC(=O)Nc2ccc3cnn(CCN4CCCC4)c3c2)cc1. The van der Waals surface area contributed by atoms with E-state index < -0.39 is 0 Å². The normalized spacial score (nSPS) is 14.4. The van der Waals surface area contributed by atoms with E-state index in [0.29, 0.717) is 13.0 Å². The van der Waals surface area contributed by atoms with Crippen molar-refractivity contribution in [1.29, 1.82) is 0 Å². The van der Waals surface area contributed by atoms with Crippen LogP contribution in [0.1, 0.15) is 25.3 Å². The maximum absolute atomic E-state index is 12.5. The van der Waals surface area contributed by atoms with Gasteiger partial charge in [0.1, 0.15) is 5.75 Å². The monoisotopic (exact) mass is 392 g/mol. The second-order valence-corrected chi connectivity index (χ2v) is 7.49. The summed E-state index contributed by atoms with van der Waals surface area (Å²) >= 11 is 0. The van der Waals surface area contributed by atoms with E-state index in [9.17, 15) is 4.79 Å². The minimum atomic E-state index is -0.0309. The first-order chi connectivity index (χ1) is 14.2. The molecule has 1 aliphatic rings. The summed E-state index contributed by atoms with van der Waals surface area (Å²) in [7, 11) is 0. The molecule has 1 aliphatic heterocycles. The van der Waals surface area contributed by atoms with Crippen molar-refractivity contribution in [3.05, 3.63) is 54.2 Å². The number of amides is 1. The number of ether oxygens (including phenoxy) is 1. The van der Waals surface area contributed by atoms with Gasteiger partial charge in [-0.25, -0.2) is 0 Å². The van der Waals surface area contributed by atoms with Crippen molar-refractivity contribution in [3.8, 4) is 5.75 Å². The van der Waals surface area contributed by atoms with Gasteiger partial charge in [-0.05, 0) is 68.8 Å². The van der Waals surface area contributed by atoms with Crippen LogP contribution in [-0.4, -0.2) is 46.8 Å². The number of likely N-dealkylation sites (tertiary alicyclic amines) is 1. The Morgan fingerprint density at radius 2 is 1.90 bits per heavy atom. The summed E-state index contributed by atoms with van der Waals surface area (Å²) in [5.41, 5.74) is 2.82. The minimum absolute atomic E-state index is 0.0309. The molecule has 1 aromatic heterocycles. The van der Waals surface area contributed by atoms with Crippen LogP contribution < -0.4 is 10.1 Å². The molecule has 0 unspecified atom stereocenters. The molecule has 0 atom stereocenters. The van der Waals surface area contributed by atoms with E-state index in [0.717, 1.165) is 41.0 Å². The molecule has 0 bridgehead atoms. The molecule has 1 amide bonds. The van der Waals surface area contributed by atoms with Crippen LogP contribution in [0, 0.1) is 0 Å². The molecule has 3 aromatic rings. The molecule has 0 spiro atoms. The average molecular weight is 393 g/mol. The maximum atomic E-state index is 12.5. The lowest BCUT2D eigenvalue weighted by Crippen LogP contribution is -2.24. The van der Waals surface area contributed by atoms with E-state index in [-0.39, 0.29) is 5.91 Å². The lowest BCUT2D eigenvalue weighted by Gasteiger charge is -2.14. The molecule has 1 fully saturated rings. The van der Waals surface area contributed by atoms with E-state index in [1.165, 1.54) is 25.9 Å². The first-order valence-corrected chi connectivity index (χ1v) is 10.4. The van der Waals surface area contributed by atoms with Gasteiger partial charge < -0.3 is 15.0 Å². The number of nitrogens with one attached hydrogen (secondary N) is 1. The Labute approximate surface area is 171 Å². The average Bonchev–Trinajstić information content (AvgIpc) is 3.37. The van der Waals surface area contributed by atoms with Gasteiger partial charge in [-0.1, -0.05) is 12.1 Å². The van der Waals surface area contributed by atoms with Gasteiger partial charge in [0.2, 0.25) is 5.91 Å². The highest BCUT2D eigenvalue weighted by atomic mass is 16.5. The highest BCUT2D eigenvalue weighted by Gasteiger charge is 2.12. The number of rotatable bonds is 8. The summed E-state index contributed by atoms with van der Waals surface area (Å²) in [6, 6.07) is 13.6. The molecule has 6 nitrogen and oxygen atoms in total. The third-order valence-corrected chi connectivity index (χ3v) is 5.35. The minimum Gasteiger partial charge on any atom is -0.494 e. The van der Waals surface area contributed by atoms with Crippen molar-refractivity contribution in [2.45, 2.75) is 32.7 Å². The zero-order chi connectivity index (χ0) is 20.1. The number of nitrogens with zero attached hydrogens (tertiary/aromatic N) is 3. The lowest BCUT2D eigenvalue weighted by molar-refractivity contribution is -0.115. The van der Waals surface area contributed by atoms with E-state index in [4.69, 9.17) is 4.74 Å². The summed E-state index contributed by atoms with van der Waals surface area (Å²) in [5.74, 6) is 0.793. The van der Waals surface area contributed by atoms with Crippen molar-refractivity contribution in [3.63, 3.8) is 0 Å². The number of hydrogen-bond acceptors (Lipinski definition) is 4. The van der Waals surface area contributed by atoms with Crippen molar-refractivity contribution >= 4 is 22.5 Å². The number of carbonyl (C=O) groups is 1. The van der Waals surface area contributed by atoms with E-state index >= 15 is 0 Å². The quantitative estimate of drug-likeness (QED) is 0.635. The Balaban J connectivity index is 1.39. The first-order valence-electron chi connectivity index (χ1n) is 10.4. The number of aromatic nitrogens is 2. The van der Waals surface area contributed by atoms with Gasteiger partial charge in [-0.2, -0.15) is 5.10 Å². The van der Waals surface area contributed by atoms with Gasteiger partial charge in [0, 0.05) is 17.6 Å². The Morgan fingerprint density at radius 3 is 2.66 bits per heavy atom. The molecule has 2 aromatic carbocycles. The number of anilines is 1. The smallest absolute Gasteiger partial charge is 0.228 e. The second-order valence-electron chi connectivity index (χ2n) is 7.49. The van der Waals surface area contributed by atoms with Crippen molar-refractivity contribution in [1.82, 2.24) is 14.7 Å². The standard InChI is InChI=1S/C23H28N4O2/c1-2-29-21-9-5-18(6-10-21)15-23(28)25-20-8-7-19-17-24-27(22(19)16-20)14-13-26-11-3-4-12-26/h5-10,16-17H,2-4,11-15H2,1H3,(H,25,28). The molecular formula is C23H28N4O2. The van der Waals surface area contributed by atoms with Gasteiger partial charge in [0.25, 0.3) is 0 Å². The van der Waals surface area contributed by atoms with Crippen LogP contribution in [0.3, 0.4) is 0 Å². The largest absolute Gasteiger partial charge is 0.494 e. The summed E-state index contributed by atoms with van der Waals surface area (Å²) in [4.78, 5) is 15.0. The molecular weight excluding hydrogens is 364 g/mol. The predicted octanol–water partition coefficient (Wildman–Crippen LogP) is 3.71. The molecule has 29 heavy (non-hydrogen) atoms. The Hall–Kier alpha value is -2.86. The van der Waals surface area contributed by atoms with Crippen molar-refractivity contribution in [2.75, 3.05) is 31.6 Å². The summed E-state index contributed by atoms with van der Waals surface area (Å²) in [6.07, 6.45) is 4.82.